The van der Waals surface area contributed by atoms with Crippen molar-refractivity contribution < 1.29 is 13.9 Å². The lowest BCUT2D eigenvalue weighted by Gasteiger charge is -2.07. The zero-order chi connectivity index (χ0) is 21.1. The molecule has 0 saturated heterocycles. The number of carbonyl (C=O) groups is 1. The molecule has 4 aromatic rings. The van der Waals surface area contributed by atoms with Gasteiger partial charge in [0, 0.05) is 17.6 Å². The quantitative estimate of drug-likeness (QED) is 0.433. The first kappa shape index (κ1) is 20.0. The van der Waals surface area contributed by atoms with Crippen LogP contribution in [0.4, 0.5) is 5.69 Å². The van der Waals surface area contributed by atoms with Gasteiger partial charge in [0.05, 0.1) is 12.9 Å². The Bertz CT molecular complexity index is 1180. The fraction of sp³-hybridized carbons (Fsp3) is 0.227. The molecule has 0 saturated carbocycles. The van der Waals surface area contributed by atoms with Crippen LogP contribution in [-0.4, -0.2) is 33.5 Å². The summed E-state index contributed by atoms with van der Waals surface area (Å²) < 4.78 is 13.3. The summed E-state index contributed by atoms with van der Waals surface area (Å²) in [5.74, 6) is 2.05. The maximum Gasteiger partial charge on any atom is 0.234 e. The first-order valence-corrected chi connectivity index (χ1v) is 10.6. The fourth-order valence-corrected chi connectivity index (χ4v) is 3.94. The number of benzene rings is 2. The highest BCUT2D eigenvalue weighted by molar-refractivity contribution is 7.99. The predicted molar refractivity (Wildman–Crippen MR) is 118 cm³/mol. The Morgan fingerprint density at radius 3 is 2.73 bits per heavy atom. The van der Waals surface area contributed by atoms with E-state index >= 15 is 0 Å². The van der Waals surface area contributed by atoms with Crippen molar-refractivity contribution in [2.75, 3.05) is 18.2 Å². The van der Waals surface area contributed by atoms with Crippen LogP contribution < -0.4 is 10.1 Å². The van der Waals surface area contributed by atoms with Crippen molar-refractivity contribution in [2.24, 2.45) is 0 Å². The average Bonchev–Trinajstić information content (AvgIpc) is 3.37. The van der Waals surface area contributed by atoms with E-state index in [0.29, 0.717) is 34.6 Å². The lowest BCUT2D eigenvalue weighted by atomic mass is 10.2. The summed E-state index contributed by atoms with van der Waals surface area (Å²) >= 11 is 1.34. The van der Waals surface area contributed by atoms with Crippen LogP contribution in [-0.2, 0) is 11.3 Å². The van der Waals surface area contributed by atoms with Crippen molar-refractivity contribution in [3.05, 3.63) is 54.1 Å². The van der Waals surface area contributed by atoms with Gasteiger partial charge in [-0.2, -0.15) is 0 Å². The molecule has 0 radical (unpaired) electrons. The van der Waals surface area contributed by atoms with Crippen molar-refractivity contribution in [1.29, 1.82) is 0 Å². The van der Waals surface area contributed by atoms with Crippen LogP contribution in [0.3, 0.4) is 0 Å². The number of nitrogens with one attached hydrogen (secondary N) is 1. The number of aryl methyl sites for hydroxylation is 1. The molecular formula is C22H22N4O3S. The molecule has 0 spiro atoms. The number of carbonyl (C=O) groups excluding carboxylic acids is 1. The smallest absolute Gasteiger partial charge is 0.234 e. The summed E-state index contributed by atoms with van der Waals surface area (Å²) in [6.45, 7) is 4.67. The number of methoxy groups -OCH3 is 1. The highest BCUT2D eigenvalue weighted by Crippen LogP contribution is 2.33. The minimum atomic E-state index is -0.0930. The molecule has 2 heterocycles. The van der Waals surface area contributed by atoms with E-state index in [4.69, 9.17) is 9.15 Å². The number of amides is 1. The Morgan fingerprint density at radius 1 is 1.20 bits per heavy atom. The van der Waals surface area contributed by atoms with Gasteiger partial charge in [-0.25, -0.2) is 0 Å². The summed E-state index contributed by atoms with van der Waals surface area (Å²) in [4.78, 5) is 12.3. The molecule has 8 heteroatoms. The minimum absolute atomic E-state index is 0.0930. The van der Waals surface area contributed by atoms with E-state index in [-0.39, 0.29) is 11.7 Å². The van der Waals surface area contributed by atoms with E-state index < -0.39 is 0 Å². The normalized spacial score (nSPS) is 11.0. The summed E-state index contributed by atoms with van der Waals surface area (Å²) in [5.41, 5.74) is 2.60. The number of aromatic nitrogens is 3. The fourth-order valence-electron chi connectivity index (χ4n) is 3.13. The molecule has 0 aliphatic carbocycles. The maximum atomic E-state index is 12.3. The van der Waals surface area contributed by atoms with Gasteiger partial charge in [0.1, 0.15) is 0 Å². The lowest BCUT2D eigenvalue weighted by molar-refractivity contribution is -0.113. The summed E-state index contributed by atoms with van der Waals surface area (Å²) in [5, 5.41) is 13.1. The number of fused-ring (bicyclic) bond motifs is 1. The summed E-state index contributed by atoms with van der Waals surface area (Å²) in [6, 6.07) is 15.4. The second kappa shape index (κ2) is 8.62. The van der Waals surface area contributed by atoms with E-state index in [2.05, 4.69) is 15.5 Å². The molecule has 4 rings (SSSR count). The molecule has 0 unspecified atom stereocenters. The largest absolute Gasteiger partial charge is 0.493 e. The van der Waals surface area contributed by atoms with Crippen molar-refractivity contribution in [2.45, 2.75) is 25.5 Å². The summed E-state index contributed by atoms with van der Waals surface area (Å²) in [7, 11) is 1.61. The number of ether oxygens (including phenoxy) is 1. The van der Waals surface area contributed by atoms with Gasteiger partial charge in [0.25, 0.3) is 0 Å². The van der Waals surface area contributed by atoms with E-state index in [0.717, 1.165) is 16.6 Å². The van der Waals surface area contributed by atoms with Gasteiger partial charge in [-0.1, -0.05) is 41.6 Å². The molecule has 0 atom stereocenters. The van der Waals surface area contributed by atoms with Crippen molar-refractivity contribution in [3.63, 3.8) is 0 Å². The predicted octanol–water partition coefficient (Wildman–Crippen LogP) is 4.76. The van der Waals surface area contributed by atoms with Gasteiger partial charge in [-0.15, -0.1) is 10.2 Å². The highest BCUT2D eigenvalue weighted by Gasteiger charge is 2.19. The van der Waals surface area contributed by atoms with Crippen molar-refractivity contribution >= 4 is 34.3 Å². The number of nitrogens with zero attached hydrogens (tertiary/aromatic N) is 3. The van der Waals surface area contributed by atoms with Crippen LogP contribution in [0.25, 0.3) is 22.6 Å². The van der Waals surface area contributed by atoms with E-state index in [1.165, 1.54) is 11.8 Å². The number of thioether (sulfide) groups is 1. The number of hydrogen-bond donors (Lipinski definition) is 1. The Morgan fingerprint density at radius 2 is 2.00 bits per heavy atom. The third-order valence-electron chi connectivity index (χ3n) is 4.65. The molecule has 7 nitrogen and oxygen atoms in total. The molecule has 0 bridgehead atoms. The Labute approximate surface area is 178 Å². The second-order valence-corrected chi connectivity index (χ2v) is 7.69. The number of para-hydroxylation sites is 1. The molecule has 1 N–H and O–H groups in total. The molecule has 0 fully saturated rings. The molecule has 1 amide bonds. The number of furan rings is 1. The van der Waals surface area contributed by atoms with Crippen molar-refractivity contribution in [3.8, 4) is 17.3 Å². The van der Waals surface area contributed by atoms with Crippen LogP contribution >= 0.6 is 11.8 Å². The van der Waals surface area contributed by atoms with Crippen LogP contribution in [0.2, 0.25) is 0 Å². The minimum Gasteiger partial charge on any atom is -0.493 e. The zero-order valence-corrected chi connectivity index (χ0v) is 17.8. The van der Waals surface area contributed by atoms with Gasteiger partial charge < -0.3 is 14.5 Å². The number of hydrogen-bond acceptors (Lipinski definition) is 6. The third-order valence-corrected chi connectivity index (χ3v) is 5.62. The maximum absolute atomic E-state index is 12.3. The molecule has 0 aliphatic heterocycles. The standard InChI is InChI=1S/C22H22N4O3S/c1-4-26-21(18-12-15-6-5-7-17(28-3)20(15)29-18)24-25-22(26)30-13-19(27)23-16-10-8-14(2)9-11-16/h5-12H,4,13H2,1-3H3,(H,23,27). The molecule has 30 heavy (non-hydrogen) atoms. The van der Waals surface area contributed by atoms with Gasteiger partial charge in [0.15, 0.2) is 22.2 Å². The molecular weight excluding hydrogens is 400 g/mol. The molecule has 2 aromatic carbocycles. The first-order valence-electron chi connectivity index (χ1n) is 9.58. The van der Waals surface area contributed by atoms with E-state index in [1.807, 2.05) is 66.9 Å². The van der Waals surface area contributed by atoms with Crippen LogP contribution in [0.15, 0.2) is 58.1 Å². The molecule has 2 aromatic heterocycles. The van der Waals surface area contributed by atoms with Gasteiger partial charge >= 0.3 is 0 Å². The van der Waals surface area contributed by atoms with E-state index in [1.54, 1.807) is 7.11 Å². The van der Waals surface area contributed by atoms with Crippen LogP contribution in [0.1, 0.15) is 12.5 Å². The summed E-state index contributed by atoms with van der Waals surface area (Å²) in [6.07, 6.45) is 0. The molecule has 154 valence electrons. The third kappa shape index (κ3) is 4.04. The highest BCUT2D eigenvalue weighted by atomic mass is 32.2. The number of anilines is 1. The Kier molecular flexibility index (Phi) is 5.76. The Balaban J connectivity index is 1.51. The van der Waals surface area contributed by atoms with Gasteiger partial charge in [0.2, 0.25) is 11.7 Å². The monoisotopic (exact) mass is 422 g/mol. The van der Waals surface area contributed by atoms with E-state index in [9.17, 15) is 4.79 Å². The van der Waals surface area contributed by atoms with Gasteiger partial charge in [-0.3, -0.25) is 9.36 Å². The topological polar surface area (TPSA) is 82.2 Å². The average molecular weight is 423 g/mol. The Hall–Kier alpha value is -3.26. The SMILES string of the molecule is CCn1c(SCC(=O)Nc2ccc(C)cc2)nnc1-c1cc2cccc(OC)c2o1. The second-order valence-electron chi connectivity index (χ2n) is 6.74. The van der Waals surface area contributed by atoms with Crippen LogP contribution in [0, 0.1) is 6.92 Å². The molecule has 0 aliphatic rings. The number of rotatable bonds is 7. The first-order chi connectivity index (χ1) is 14.6. The van der Waals surface area contributed by atoms with Crippen LogP contribution in [0.5, 0.6) is 5.75 Å². The van der Waals surface area contributed by atoms with Gasteiger partial charge in [-0.05, 0) is 38.1 Å². The lowest BCUT2D eigenvalue weighted by Crippen LogP contribution is -2.14. The van der Waals surface area contributed by atoms with Crippen molar-refractivity contribution in [1.82, 2.24) is 14.8 Å². The zero-order valence-electron chi connectivity index (χ0n) is 17.0.